The van der Waals surface area contributed by atoms with Gasteiger partial charge >= 0.3 is 0 Å². The summed E-state index contributed by atoms with van der Waals surface area (Å²) in [6.45, 7) is 0. The van der Waals surface area contributed by atoms with E-state index < -0.39 is 23.5 Å². The Bertz CT molecular complexity index is 1300. The molecule has 2 heterocycles. The normalized spacial score (nSPS) is 18.9. The predicted octanol–water partition coefficient (Wildman–Crippen LogP) is 5.62. The number of methoxy groups -OCH3 is 2. The van der Waals surface area contributed by atoms with E-state index in [-0.39, 0.29) is 17.4 Å². The molecule has 1 unspecified atom stereocenters. The number of carbonyl (C=O) groups is 2. The zero-order valence-electron chi connectivity index (χ0n) is 18.8. The van der Waals surface area contributed by atoms with Crippen molar-refractivity contribution in [2.75, 3.05) is 14.2 Å². The molecule has 0 spiro atoms. The highest BCUT2D eigenvalue weighted by molar-refractivity contribution is 6.31. The number of amides is 1. The number of Topliss-reactive ketones (excluding diaryl/α,β-unsaturated/α-hetero) is 1. The number of ketones is 1. The molecule has 7 nitrogen and oxygen atoms in total. The van der Waals surface area contributed by atoms with Gasteiger partial charge in [-0.05, 0) is 42.7 Å². The highest BCUT2D eigenvalue weighted by Crippen LogP contribution is 2.44. The van der Waals surface area contributed by atoms with Crippen LogP contribution >= 0.6 is 11.6 Å². The lowest BCUT2D eigenvalue weighted by molar-refractivity contribution is -0.131. The van der Waals surface area contributed by atoms with Crippen LogP contribution in [0.1, 0.15) is 47.8 Å². The highest BCUT2D eigenvalue weighted by atomic mass is 35.5. The van der Waals surface area contributed by atoms with Gasteiger partial charge in [0.1, 0.15) is 5.75 Å². The summed E-state index contributed by atoms with van der Waals surface area (Å²) in [4.78, 5) is 28.6. The number of carbonyl (C=O) groups excluding carboxylic acids is 2. The van der Waals surface area contributed by atoms with Gasteiger partial charge in [0, 0.05) is 22.5 Å². The molecule has 1 atom stereocenters. The van der Waals surface area contributed by atoms with Crippen molar-refractivity contribution in [1.82, 2.24) is 4.90 Å². The molecule has 1 N–H and O–H groups in total. The van der Waals surface area contributed by atoms with E-state index >= 15 is 0 Å². The topological polar surface area (TPSA) is 89.2 Å². The van der Waals surface area contributed by atoms with Crippen LogP contribution in [-0.2, 0) is 4.79 Å². The molecule has 1 aliphatic carbocycles. The maximum atomic E-state index is 13.7. The first-order valence-electron chi connectivity index (χ1n) is 11.1. The Hall–Kier alpha value is -3.45. The fourth-order valence-corrected chi connectivity index (χ4v) is 5.23. The van der Waals surface area contributed by atoms with Crippen LogP contribution in [0.5, 0.6) is 11.5 Å². The van der Waals surface area contributed by atoms with E-state index in [0.717, 1.165) is 25.7 Å². The summed E-state index contributed by atoms with van der Waals surface area (Å²) in [6.07, 6.45) is 3.65. The zero-order chi connectivity index (χ0) is 24.0. The molecule has 34 heavy (non-hydrogen) atoms. The van der Waals surface area contributed by atoms with E-state index in [4.69, 9.17) is 25.5 Å². The van der Waals surface area contributed by atoms with Crippen LogP contribution in [0.2, 0.25) is 5.02 Å². The second-order valence-corrected chi connectivity index (χ2v) is 8.99. The van der Waals surface area contributed by atoms with Gasteiger partial charge in [-0.3, -0.25) is 9.59 Å². The minimum absolute atomic E-state index is 0.00306. The lowest BCUT2D eigenvalue weighted by Gasteiger charge is -2.32. The summed E-state index contributed by atoms with van der Waals surface area (Å²) in [6, 6.07) is 11.2. The van der Waals surface area contributed by atoms with E-state index in [1.54, 1.807) is 42.3 Å². The summed E-state index contributed by atoms with van der Waals surface area (Å²) in [5.41, 5.74) is 1.09. The first-order valence-corrected chi connectivity index (χ1v) is 11.5. The molecular formula is C26H24ClNO6. The lowest BCUT2D eigenvalue weighted by atomic mass is 9.94. The fraction of sp³-hybridized carbons (Fsp3) is 0.308. The first-order chi connectivity index (χ1) is 16.4. The molecule has 176 valence electrons. The van der Waals surface area contributed by atoms with Gasteiger partial charge in [-0.25, -0.2) is 0 Å². The highest BCUT2D eigenvalue weighted by Gasteiger charge is 2.47. The average molecular weight is 482 g/mol. The van der Waals surface area contributed by atoms with Gasteiger partial charge in [-0.2, -0.15) is 0 Å². The van der Waals surface area contributed by atoms with Crippen molar-refractivity contribution in [2.45, 2.75) is 37.8 Å². The summed E-state index contributed by atoms with van der Waals surface area (Å²) >= 11 is 6.16. The second-order valence-electron chi connectivity index (χ2n) is 8.55. The van der Waals surface area contributed by atoms with Gasteiger partial charge in [0.05, 0.1) is 25.8 Å². The first kappa shape index (κ1) is 22.3. The number of benzene rings is 2. The second kappa shape index (κ2) is 8.72. The van der Waals surface area contributed by atoms with Gasteiger partial charge < -0.3 is 23.9 Å². The number of furan rings is 1. The Kier molecular flexibility index (Phi) is 5.73. The number of hydrogen-bond donors (Lipinski definition) is 1. The van der Waals surface area contributed by atoms with Crippen molar-refractivity contribution in [3.05, 3.63) is 70.1 Å². The van der Waals surface area contributed by atoms with Gasteiger partial charge in [0.15, 0.2) is 22.9 Å². The molecule has 1 fully saturated rings. The van der Waals surface area contributed by atoms with Crippen molar-refractivity contribution in [3.63, 3.8) is 0 Å². The summed E-state index contributed by atoms with van der Waals surface area (Å²) in [5.74, 6) is -0.585. The minimum atomic E-state index is -0.729. The van der Waals surface area contributed by atoms with E-state index in [1.807, 2.05) is 12.1 Å². The van der Waals surface area contributed by atoms with Gasteiger partial charge in [0.2, 0.25) is 5.78 Å². The Balaban J connectivity index is 1.61. The Morgan fingerprint density at radius 2 is 1.79 bits per heavy atom. The van der Waals surface area contributed by atoms with E-state index in [1.165, 1.54) is 7.11 Å². The molecule has 2 aliphatic rings. The Morgan fingerprint density at radius 3 is 2.44 bits per heavy atom. The van der Waals surface area contributed by atoms with Crippen molar-refractivity contribution in [2.24, 2.45) is 0 Å². The van der Waals surface area contributed by atoms with Crippen molar-refractivity contribution in [3.8, 4) is 11.5 Å². The molecule has 1 saturated carbocycles. The van der Waals surface area contributed by atoms with Crippen molar-refractivity contribution < 1.29 is 28.6 Å². The number of hydrogen-bond acceptors (Lipinski definition) is 6. The van der Waals surface area contributed by atoms with Crippen molar-refractivity contribution >= 4 is 34.3 Å². The number of ether oxygens (including phenoxy) is 2. The quantitative estimate of drug-likeness (QED) is 0.459. The zero-order valence-corrected chi connectivity index (χ0v) is 19.6. The van der Waals surface area contributed by atoms with E-state index in [2.05, 4.69) is 0 Å². The van der Waals surface area contributed by atoms with E-state index in [9.17, 15) is 14.7 Å². The fourth-order valence-electron chi connectivity index (χ4n) is 5.01. The Morgan fingerprint density at radius 1 is 1.09 bits per heavy atom. The van der Waals surface area contributed by atoms with Crippen LogP contribution in [0.25, 0.3) is 11.0 Å². The van der Waals surface area contributed by atoms with Crippen LogP contribution in [0, 0.1) is 0 Å². The third-order valence-corrected chi connectivity index (χ3v) is 6.85. The monoisotopic (exact) mass is 481 g/mol. The maximum Gasteiger partial charge on any atom is 0.290 e. The number of aliphatic hydroxyl groups excluding tert-OH is 1. The number of nitrogens with zero attached hydrogens (tertiary/aromatic N) is 1. The predicted molar refractivity (Wildman–Crippen MR) is 127 cm³/mol. The number of rotatable bonds is 6. The molecule has 0 bridgehead atoms. The molecule has 1 amide bonds. The van der Waals surface area contributed by atoms with E-state index in [0.29, 0.717) is 33.1 Å². The molecule has 3 aromatic rings. The smallest absolute Gasteiger partial charge is 0.290 e. The van der Waals surface area contributed by atoms with Crippen molar-refractivity contribution in [1.29, 1.82) is 0 Å². The molecule has 0 radical (unpaired) electrons. The molecule has 1 aromatic heterocycles. The summed E-state index contributed by atoms with van der Waals surface area (Å²) in [5, 5.41) is 12.0. The molecule has 2 aromatic carbocycles. The van der Waals surface area contributed by atoms with Gasteiger partial charge in [-0.15, -0.1) is 0 Å². The molecule has 0 saturated heterocycles. The van der Waals surface area contributed by atoms with Crippen LogP contribution in [0.4, 0.5) is 0 Å². The number of halogens is 1. The molecular weight excluding hydrogens is 458 g/mol. The van der Waals surface area contributed by atoms with Crippen LogP contribution in [0.3, 0.4) is 0 Å². The largest absolute Gasteiger partial charge is 0.503 e. The molecule has 1 aliphatic heterocycles. The number of aliphatic hydroxyl groups is 1. The Labute approximate surface area is 201 Å². The average Bonchev–Trinajstić information content (AvgIpc) is 3.57. The number of fused-ring (bicyclic) bond motifs is 1. The van der Waals surface area contributed by atoms with Gasteiger partial charge in [-0.1, -0.05) is 36.6 Å². The summed E-state index contributed by atoms with van der Waals surface area (Å²) in [7, 11) is 3.06. The lowest BCUT2D eigenvalue weighted by Crippen LogP contribution is -2.38. The van der Waals surface area contributed by atoms with Crippen LogP contribution < -0.4 is 9.47 Å². The molecule has 5 rings (SSSR count). The van der Waals surface area contributed by atoms with Gasteiger partial charge in [0.25, 0.3) is 5.91 Å². The SMILES string of the molecule is COc1ccc(C2C(C(=O)c3cc4cc(Cl)cc(OC)c4o3)=C(O)C(=O)N2C2CCCC2)cc1. The third-order valence-electron chi connectivity index (χ3n) is 6.63. The van der Waals surface area contributed by atoms with Crippen LogP contribution in [0.15, 0.2) is 58.2 Å². The summed E-state index contributed by atoms with van der Waals surface area (Å²) < 4.78 is 16.5. The maximum absolute atomic E-state index is 13.7. The van der Waals surface area contributed by atoms with Crippen LogP contribution in [-0.4, -0.2) is 42.0 Å². The third kappa shape index (κ3) is 3.60. The molecule has 8 heteroatoms. The standard InChI is InChI=1S/C26H24ClNO6/c1-32-18-9-7-14(8-10-18)22-21(24(30)26(31)28(22)17-5-3-4-6-17)23(29)19-12-15-11-16(27)13-20(33-2)25(15)34-19/h7-13,17,22,30H,3-6H2,1-2H3. The minimum Gasteiger partial charge on any atom is -0.503 e.